The molecule has 1 atom stereocenters. The minimum atomic E-state index is 0.147. The highest BCUT2D eigenvalue weighted by Gasteiger charge is 2.22. The molecule has 2 nitrogen and oxygen atoms in total. The highest BCUT2D eigenvalue weighted by molar-refractivity contribution is 5.57. The van der Waals surface area contributed by atoms with Crippen LogP contribution in [0.4, 0.5) is 5.69 Å². The van der Waals surface area contributed by atoms with Crippen LogP contribution in [0.15, 0.2) is 18.2 Å². The summed E-state index contributed by atoms with van der Waals surface area (Å²) in [6.07, 6.45) is 9.71. The lowest BCUT2D eigenvalue weighted by Gasteiger charge is -2.35. The molecular weight excluding hydrogens is 244 g/mol. The van der Waals surface area contributed by atoms with Crippen molar-refractivity contribution in [2.45, 2.75) is 57.9 Å². The summed E-state index contributed by atoms with van der Waals surface area (Å²) in [5.74, 6) is 0.919. The predicted molar refractivity (Wildman–Crippen MR) is 86.2 cm³/mol. The van der Waals surface area contributed by atoms with E-state index < -0.39 is 0 Å². The van der Waals surface area contributed by atoms with Crippen molar-refractivity contribution < 1.29 is 0 Å². The maximum Gasteiger partial charge on any atom is 0.0399 e. The van der Waals surface area contributed by atoms with Crippen LogP contribution in [0.3, 0.4) is 0 Å². The summed E-state index contributed by atoms with van der Waals surface area (Å²) in [6, 6.07) is 7.03. The first-order valence-corrected chi connectivity index (χ1v) is 8.37. The minimum absolute atomic E-state index is 0.147. The van der Waals surface area contributed by atoms with Gasteiger partial charge in [0.15, 0.2) is 0 Å². The molecule has 2 N–H and O–H groups in total. The molecule has 0 saturated heterocycles. The first kappa shape index (κ1) is 13.9. The fourth-order valence-corrected chi connectivity index (χ4v) is 3.85. The zero-order valence-electron chi connectivity index (χ0n) is 12.8. The van der Waals surface area contributed by atoms with Gasteiger partial charge in [-0.3, -0.25) is 0 Å². The Hall–Kier alpha value is -1.02. The van der Waals surface area contributed by atoms with Gasteiger partial charge in [-0.1, -0.05) is 31.4 Å². The van der Waals surface area contributed by atoms with Gasteiger partial charge in [-0.05, 0) is 55.7 Å². The van der Waals surface area contributed by atoms with Gasteiger partial charge in [-0.25, -0.2) is 0 Å². The topological polar surface area (TPSA) is 29.3 Å². The lowest BCUT2D eigenvalue weighted by Crippen LogP contribution is -2.34. The highest BCUT2D eigenvalue weighted by atomic mass is 15.1. The van der Waals surface area contributed by atoms with Crippen LogP contribution in [0.5, 0.6) is 0 Å². The zero-order valence-corrected chi connectivity index (χ0v) is 12.8. The molecule has 2 heteroatoms. The number of hydrogen-bond donors (Lipinski definition) is 1. The highest BCUT2D eigenvalue weighted by Crippen LogP contribution is 2.32. The maximum absolute atomic E-state index is 6.02. The van der Waals surface area contributed by atoms with Crippen molar-refractivity contribution in [3.8, 4) is 0 Å². The van der Waals surface area contributed by atoms with Crippen LogP contribution in [0.25, 0.3) is 0 Å². The van der Waals surface area contributed by atoms with Gasteiger partial charge in [0, 0.05) is 24.8 Å². The Morgan fingerprint density at radius 1 is 1.20 bits per heavy atom. The molecular formula is C18H28N2. The molecule has 1 aromatic rings. The Balaban J connectivity index is 1.75. The lowest BCUT2D eigenvalue weighted by molar-refractivity contribution is 0.356. The summed E-state index contributed by atoms with van der Waals surface area (Å²) in [7, 11) is 0. The van der Waals surface area contributed by atoms with Crippen molar-refractivity contribution in [2.24, 2.45) is 11.7 Å². The van der Waals surface area contributed by atoms with E-state index >= 15 is 0 Å². The minimum Gasteiger partial charge on any atom is -0.371 e. The number of rotatable bonds is 3. The number of hydrogen-bond acceptors (Lipinski definition) is 2. The Morgan fingerprint density at radius 3 is 2.75 bits per heavy atom. The summed E-state index contributed by atoms with van der Waals surface area (Å²) in [5, 5.41) is 0. The zero-order chi connectivity index (χ0) is 13.9. The van der Waals surface area contributed by atoms with Gasteiger partial charge < -0.3 is 10.6 Å². The molecule has 1 aromatic carbocycles. The molecule has 110 valence electrons. The molecule has 1 aliphatic carbocycles. The van der Waals surface area contributed by atoms with Crippen LogP contribution in [0.2, 0.25) is 0 Å². The molecule has 0 aromatic heterocycles. The summed E-state index contributed by atoms with van der Waals surface area (Å²) in [4.78, 5) is 2.64. The van der Waals surface area contributed by atoms with Crippen molar-refractivity contribution in [2.75, 3.05) is 18.0 Å². The Bertz CT molecular complexity index is 447. The Morgan fingerprint density at radius 2 is 2.00 bits per heavy atom. The molecule has 3 rings (SSSR count). The average molecular weight is 272 g/mol. The van der Waals surface area contributed by atoms with Crippen molar-refractivity contribution in [1.29, 1.82) is 0 Å². The third-order valence-electron chi connectivity index (χ3n) is 5.05. The second-order valence-electron chi connectivity index (χ2n) is 6.73. The fourth-order valence-electron chi connectivity index (χ4n) is 3.85. The Kier molecular flexibility index (Phi) is 4.30. The van der Waals surface area contributed by atoms with E-state index in [0.717, 1.165) is 5.92 Å². The second kappa shape index (κ2) is 6.17. The maximum atomic E-state index is 6.02. The number of nitrogens with two attached hydrogens (primary N) is 1. The molecule has 2 aliphatic rings. The molecule has 20 heavy (non-hydrogen) atoms. The van der Waals surface area contributed by atoms with Crippen molar-refractivity contribution >= 4 is 5.69 Å². The summed E-state index contributed by atoms with van der Waals surface area (Å²) in [6.45, 7) is 4.58. The molecule has 1 fully saturated rings. The van der Waals surface area contributed by atoms with Crippen molar-refractivity contribution in [3.05, 3.63) is 29.3 Å². The van der Waals surface area contributed by atoms with E-state index in [0.29, 0.717) is 0 Å². The monoisotopic (exact) mass is 272 g/mol. The molecule has 0 amide bonds. The normalized spacial score (nSPS) is 21.6. The van der Waals surface area contributed by atoms with Crippen molar-refractivity contribution in [3.63, 3.8) is 0 Å². The number of aryl methyl sites for hydroxylation is 1. The van der Waals surface area contributed by atoms with E-state index in [2.05, 4.69) is 30.0 Å². The molecule has 1 saturated carbocycles. The van der Waals surface area contributed by atoms with Gasteiger partial charge in [-0.15, -0.1) is 0 Å². The molecule has 1 aliphatic heterocycles. The third kappa shape index (κ3) is 3.01. The number of anilines is 1. The molecule has 1 unspecified atom stereocenters. The van der Waals surface area contributed by atoms with Crippen LogP contribution < -0.4 is 10.6 Å². The van der Waals surface area contributed by atoms with Gasteiger partial charge >= 0.3 is 0 Å². The summed E-state index contributed by atoms with van der Waals surface area (Å²) in [5.41, 5.74) is 10.3. The van der Waals surface area contributed by atoms with Gasteiger partial charge in [0.25, 0.3) is 0 Å². The summed E-state index contributed by atoms with van der Waals surface area (Å²) >= 11 is 0. The van der Waals surface area contributed by atoms with Gasteiger partial charge in [0.2, 0.25) is 0 Å². The average Bonchev–Trinajstić information content (AvgIpc) is 2.48. The van der Waals surface area contributed by atoms with Crippen LogP contribution >= 0.6 is 0 Å². The quantitative estimate of drug-likeness (QED) is 0.900. The standard InChI is InChI=1S/C18H28N2/c1-14(19)16-9-10-18-17(12-16)8-5-11-20(18)13-15-6-3-2-4-7-15/h9-10,12,14-15H,2-8,11,13,19H2,1H3. The molecule has 0 radical (unpaired) electrons. The van der Waals surface area contributed by atoms with E-state index in [-0.39, 0.29) is 6.04 Å². The molecule has 0 spiro atoms. The predicted octanol–water partition coefficient (Wildman–Crippen LogP) is 4.04. The van der Waals surface area contributed by atoms with Gasteiger partial charge in [-0.2, -0.15) is 0 Å². The first-order valence-electron chi connectivity index (χ1n) is 8.37. The van der Waals surface area contributed by atoms with Gasteiger partial charge in [0.05, 0.1) is 0 Å². The third-order valence-corrected chi connectivity index (χ3v) is 5.05. The van der Waals surface area contributed by atoms with Crippen LogP contribution in [-0.2, 0) is 6.42 Å². The second-order valence-corrected chi connectivity index (χ2v) is 6.73. The van der Waals surface area contributed by atoms with E-state index in [1.54, 1.807) is 0 Å². The number of benzene rings is 1. The van der Waals surface area contributed by atoms with Crippen molar-refractivity contribution in [1.82, 2.24) is 0 Å². The largest absolute Gasteiger partial charge is 0.371 e. The van der Waals surface area contributed by atoms with Crippen LogP contribution in [-0.4, -0.2) is 13.1 Å². The summed E-state index contributed by atoms with van der Waals surface area (Å²) < 4.78 is 0. The van der Waals surface area contributed by atoms with Gasteiger partial charge in [0.1, 0.15) is 0 Å². The number of fused-ring (bicyclic) bond motifs is 1. The molecule has 0 bridgehead atoms. The molecule has 1 heterocycles. The van der Waals surface area contributed by atoms with E-state index in [1.165, 1.54) is 74.8 Å². The van der Waals surface area contributed by atoms with E-state index in [1.807, 2.05) is 0 Å². The number of nitrogens with zero attached hydrogens (tertiary/aromatic N) is 1. The van der Waals surface area contributed by atoms with Crippen LogP contribution in [0, 0.1) is 5.92 Å². The fraction of sp³-hybridized carbons (Fsp3) is 0.667. The Labute approximate surface area is 123 Å². The van der Waals surface area contributed by atoms with E-state index in [9.17, 15) is 0 Å². The SMILES string of the molecule is CC(N)c1ccc2c(c1)CCCN2CC1CCCCC1. The van der Waals surface area contributed by atoms with E-state index in [4.69, 9.17) is 5.73 Å². The smallest absolute Gasteiger partial charge is 0.0399 e. The van der Waals surface area contributed by atoms with Crippen LogP contribution in [0.1, 0.15) is 62.6 Å². The first-order chi connectivity index (χ1) is 9.74. The lowest BCUT2D eigenvalue weighted by atomic mass is 9.88.